The highest BCUT2D eigenvalue weighted by molar-refractivity contribution is 8.31. The largest absolute Gasteiger partial charge is 0.320 e. The van der Waals surface area contributed by atoms with Crippen molar-refractivity contribution in [3.8, 4) is 0 Å². The monoisotopic (exact) mass is 178 g/mol. The van der Waals surface area contributed by atoms with Crippen molar-refractivity contribution in [3.63, 3.8) is 0 Å². The molecule has 3 heteroatoms. The van der Waals surface area contributed by atoms with E-state index in [-0.39, 0.29) is 0 Å². The molecular formula is C8H22N2S. The van der Waals surface area contributed by atoms with E-state index in [2.05, 4.69) is 37.6 Å². The van der Waals surface area contributed by atoms with Gasteiger partial charge in [-0.1, -0.05) is 13.8 Å². The molecule has 70 valence electrons. The summed E-state index contributed by atoms with van der Waals surface area (Å²) in [7, 11) is -0.728. The molecule has 2 N–H and O–H groups in total. The lowest BCUT2D eigenvalue weighted by Crippen LogP contribution is -2.36. The van der Waals surface area contributed by atoms with Crippen LogP contribution in [-0.4, -0.2) is 35.3 Å². The minimum absolute atomic E-state index is 0.308. The van der Waals surface area contributed by atoms with Crippen LogP contribution in [0.4, 0.5) is 0 Å². The third-order valence-electron chi connectivity index (χ3n) is 2.28. The molecule has 0 aromatic carbocycles. The van der Waals surface area contributed by atoms with E-state index in [1.165, 1.54) is 0 Å². The lowest BCUT2D eigenvalue weighted by molar-refractivity contribution is 0.507. The maximum Gasteiger partial charge on any atom is 0.0433 e. The molecule has 1 atom stereocenters. The number of hydrogen-bond donors (Lipinski definition) is 1. The zero-order valence-electron chi connectivity index (χ0n) is 8.42. The number of nitrogens with zero attached hydrogens (tertiary/aromatic N) is 1. The fourth-order valence-electron chi connectivity index (χ4n) is 1.12. The molecule has 0 aromatic heterocycles. The maximum atomic E-state index is 5.92. The molecule has 0 aliphatic heterocycles. The van der Waals surface area contributed by atoms with Crippen LogP contribution in [0.1, 0.15) is 20.8 Å². The topological polar surface area (TPSA) is 29.3 Å². The fraction of sp³-hybridized carbons (Fsp3) is 1.00. The lowest BCUT2D eigenvalue weighted by atomic mass is 10.7. The van der Waals surface area contributed by atoms with Crippen LogP contribution in [0.5, 0.6) is 0 Å². The lowest BCUT2D eigenvalue weighted by Gasteiger charge is -2.45. The summed E-state index contributed by atoms with van der Waals surface area (Å²) in [6.45, 7) is 8.72. The summed E-state index contributed by atoms with van der Waals surface area (Å²) in [5, 5.41) is 0.308. The quantitative estimate of drug-likeness (QED) is 0.709. The third kappa shape index (κ3) is 2.65. The van der Waals surface area contributed by atoms with Gasteiger partial charge in [0, 0.05) is 18.5 Å². The molecule has 0 rings (SSSR count). The summed E-state index contributed by atoms with van der Waals surface area (Å²) >= 11 is 0. The second kappa shape index (κ2) is 4.33. The predicted octanol–water partition coefficient (Wildman–Crippen LogP) is 1.61. The zero-order chi connectivity index (χ0) is 9.07. The van der Waals surface area contributed by atoms with Gasteiger partial charge in [0.05, 0.1) is 0 Å². The van der Waals surface area contributed by atoms with Crippen LogP contribution >= 0.6 is 10.2 Å². The van der Waals surface area contributed by atoms with E-state index in [4.69, 9.17) is 5.73 Å². The first-order valence-electron chi connectivity index (χ1n) is 4.19. The van der Waals surface area contributed by atoms with Crippen LogP contribution in [0.2, 0.25) is 0 Å². The highest BCUT2D eigenvalue weighted by atomic mass is 32.3. The Bertz CT molecular complexity index is 109. The molecular weight excluding hydrogens is 156 g/mol. The molecule has 0 radical (unpaired) electrons. The van der Waals surface area contributed by atoms with Gasteiger partial charge in [-0.15, -0.1) is 0 Å². The van der Waals surface area contributed by atoms with Crippen molar-refractivity contribution >= 4 is 10.2 Å². The summed E-state index contributed by atoms with van der Waals surface area (Å²) in [5.41, 5.74) is 5.92. The Morgan fingerprint density at radius 3 is 1.73 bits per heavy atom. The van der Waals surface area contributed by atoms with Crippen LogP contribution in [-0.2, 0) is 0 Å². The SMILES string of the molecule is CCN(CC)S(C)(C)C(C)N. The van der Waals surface area contributed by atoms with Gasteiger partial charge >= 0.3 is 0 Å². The minimum Gasteiger partial charge on any atom is -0.320 e. The summed E-state index contributed by atoms with van der Waals surface area (Å²) in [5.74, 6) is 0. The molecule has 11 heavy (non-hydrogen) atoms. The van der Waals surface area contributed by atoms with Crippen molar-refractivity contribution in [2.24, 2.45) is 5.73 Å². The van der Waals surface area contributed by atoms with Gasteiger partial charge in [0.25, 0.3) is 0 Å². The summed E-state index contributed by atoms with van der Waals surface area (Å²) in [4.78, 5) is 0. The van der Waals surface area contributed by atoms with Gasteiger partial charge in [0.15, 0.2) is 0 Å². The second-order valence-electron chi connectivity index (χ2n) is 3.17. The maximum absolute atomic E-state index is 5.92. The van der Waals surface area contributed by atoms with Gasteiger partial charge in [-0.3, -0.25) is 4.31 Å². The van der Waals surface area contributed by atoms with E-state index < -0.39 is 10.2 Å². The average Bonchev–Trinajstić information content (AvgIpc) is 1.89. The molecule has 0 fully saturated rings. The molecule has 2 nitrogen and oxygen atoms in total. The Labute approximate surface area is 72.6 Å². The van der Waals surface area contributed by atoms with Gasteiger partial charge in [-0.25, -0.2) is 0 Å². The van der Waals surface area contributed by atoms with E-state index >= 15 is 0 Å². The molecule has 0 amide bonds. The molecule has 0 aromatic rings. The fourth-order valence-corrected chi connectivity index (χ4v) is 2.93. The summed E-state index contributed by atoms with van der Waals surface area (Å²) < 4.78 is 2.47. The Morgan fingerprint density at radius 1 is 1.27 bits per heavy atom. The van der Waals surface area contributed by atoms with Gasteiger partial charge in [0.2, 0.25) is 0 Å². The number of hydrogen-bond acceptors (Lipinski definition) is 2. The van der Waals surface area contributed by atoms with Crippen LogP contribution in [0, 0.1) is 0 Å². The minimum atomic E-state index is -0.728. The van der Waals surface area contributed by atoms with E-state index in [9.17, 15) is 0 Å². The average molecular weight is 178 g/mol. The first kappa shape index (κ1) is 11.3. The zero-order valence-corrected chi connectivity index (χ0v) is 9.24. The van der Waals surface area contributed by atoms with Crippen molar-refractivity contribution in [3.05, 3.63) is 0 Å². The number of nitrogens with two attached hydrogens (primary N) is 1. The van der Waals surface area contributed by atoms with Crippen LogP contribution in [0.25, 0.3) is 0 Å². The van der Waals surface area contributed by atoms with Gasteiger partial charge in [-0.05, 0) is 19.4 Å². The Hall–Kier alpha value is 0.270. The van der Waals surface area contributed by atoms with Crippen LogP contribution in [0.15, 0.2) is 0 Å². The highest BCUT2D eigenvalue weighted by Gasteiger charge is 2.22. The summed E-state index contributed by atoms with van der Waals surface area (Å²) in [6.07, 6.45) is 4.56. The standard InChI is InChI=1S/C8H22N2S/c1-6-10(7-2)11(4,5)8(3)9/h8H,6-7,9H2,1-5H3. The van der Waals surface area contributed by atoms with Gasteiger partial charge < -0.3 is 5.73 Å². The Kier molecular flexibility index (Phi) is 4.44. The van der Waals surface area contributed by atoms with E-state index in [1.807, 2.05) is 0 Å². The van der Waals surface area contributed by atoms with Crippen molar-refractivity contribution in [2.75, 3.05) is 25.6 Å². The summed E-state index contributed by atoms with van der Waals surface area (Å²) in [6, 6.07) is 0. The van der Waals surface area contributed by atoms with Crippen LogP contribution in [0.3, 0.4) is 0 Å². The molecule has 0 bridgehead atoms. The van der Waals surface area contributed by atoms with Crippen molar-refractivity contribution in [2.45, 2.75) is 26.1 Å². The van der Waals surface area contributed by atoms with Crippen LogP contribution < -0.4 is 5.73 Å². The van der Waals surface area contributed by atoms with Gasteiger partial charge in [0.1, 0.15) is 0 Å². The smallest absolute Gasteiger partial charge is 0.0433 e. The number of rotatable bonds is 4. The molecule has 0 aliphatic carbocycles. The highest BCUT2D eigenvalue weighted by Crippen LogP contribution is 2.46. The van der Waals surface area contributed by atoms with Gasteiger partial charge in [-0.2, -0.15) is 10.2 Å². The molecule has 0 saturated heterocycles. The first-order chi connectivity index (χ1) is 4.96. The first-order valence-corrected chi connectivity index (χ1v) is 6.66. The van der Waals surface area contributed by atoms with E-state index in [1.54, 1.807) is 0 Å². The Morgan fingerprint density at radius 2 is 1.64 bits per heavy atom. The predicted molar refractivity (Wildman–Crippen MR) is 56.0 cm³/mol. The normalized spacial score (nSPS) is 17.0. The molecule has 0 aliphatic rings. The van der Waals surface area contributed by atoms with Crippen molar-refractivity contribution in [1.29, 1.82) is 0 Å². The Balaban J connectivity index is 4.24. The van der Waals surface area contributed by atoms with Crippen molar-refractivity contribution < 1.29 is 0 Å². The molecule has 0 saturated carbocycles. The van der Waals surface area contributed by atoms with E-state index in [0.29, 0.717) is 5.37 Å². The molecule has 1 unspecified atom stereocenters. The van der Waals surface area contributed by atoms with Crippen molar-refractivity contribution in [1.82, 2.24) is 4.31 Å². The third-order valence-corrected chi connectivity index (χ3v) is 5.95. The second-order valence-corrected chi connectivity index (χ2v) is 7.13. The van der Waals surface area contributed by atoms with E-state index in [0.717, 1.165) is 13.1 Å². The molecule has 0 heterocycles. The molecule has 0 spiro atoms.